The molecule has 1 unspecified atom stereocenters. The summed E-state index contributed by atoms with van der Waals surface area (Å²) in [6, 6.07) is 2.53. The number of nitrogens with zero attached hydrogens (tertiary/aromatic N) is 1. The third kappa shape index (κ3) is 3.61. The highest BCUT2D eigenvalue weighted by molar-refractivity contribution is 7.99. The Balaban J connectivity index is 1.89. The second kappa shape index (κ2) is 5.27. The predicted octanol–water partition coefficient (Wildman–Crippen LogP) is 2.80. The van der Waals surface area contributed by atoms with Crippen LogP contribution in [0.2, 0.25) is 0 Å². The lowest BCUT2D eigenvalue weighted by Gasteiger charge is -2.08. The molecule has 0 saturated carbocycles. The van der Waals surface area contributed by atoms with E-state index >= 15 is 0 Å². The van der Waals surface area contributed by atoms with Crippen molar-refractivity contribution in [2.75, 3.05) is 18.8 Å². The first-order valence-electron chi connectivity index (χ1n) is 5.42. The Morgan fingerprint density at radius 2 is 2.24 bits per heavy atom. The van der Waals surface area contributed by atoms with Crippen LogP contribution in [-0.2, 0) is 6.18 Å². The van der Waals surface area contributed by atoms with Crippen molar-refractivity contribution in [3.8, 4) is 0 Å². The molecule has 1 N–H and O–H groups in total. The summed E-state index contributed by atoms with van der Waals surface area (Å²) in [6.45, 7) is 2.03. The Hall–Kier alpha value is -0.750. The Morgan fingerprint density at radius 3 is 2.76 bits per heavy atom. The van der Waals surface area contributed by atoms with Crippen LogP contribution in [0.1, 0.15) is 12.0 Å². The lowest BCUT2D eigenvalue weighted by molar-refractivity contribution is -0.137. The molecule has 0 aliphatic carbocycles. The number of thioether (sulfide) groups is 1. The first-order chi connectivity index (χ1) is 8.05. The van der Waals surface area contributed by atoms with Crippen LogP contribution < -0.4 is 5.32 Å². The van der Waals surface area contributed by atoms with Gasteiger partial charge in [0.25, 0.3) is 0 Å². The quantitative estimate of drug-likeness (QED) is 0.848. The van der Waals surface area contributed by atoms with Gasteiger partial charge in [-0.3, -0.25) is 0 Å². The summed E-state index contributed by atoms with van der Waals surface area (Å²) in [7, 11) is 0. The minimum Gasteiger partial charge on any atom is -0.316 e. The zero-order valence-electron chi connectivity index (χ0n) is 9.13. The minimum absolute atomic E-state index is 0.601. The molecule has 94 valence electrons. The molecule has 1 atom stereocenters. The molecule has 0 amide bonds. The summed E-state index contributed by atoms with van der Waals surface area (Å²) in [5, 5.41) is 3.91. The van der Waals surface area contributed by atoms with Crippen LogP contribution in [0, 0.1) is 5.92 Å². The summed E-state index contributed by atoms with van der Waals surface area (Å²) in [6.07, 6.45) is -2.27. The molecule has 1 aromatic rings. The summed E-state index contributed by atoms with van der Waals surface area (Å²) in [5.74, 6) is 1.51. The van der Waals surface area contributed by atoms with E-state index < -0.39 is 11.7 Å². The highest BCUT2D eigenvalue weighted by atomic mass is 32.2. The summed E-state index contributed by atoms with van der Waals surface area (Å²) >= 11 is 1.52. The lowest BCUT2D eigenvalue weighted by Crippen LogP contribution is -2.10. The highest BCUT2D eigenvalue weighted by Gasteiger charge is 2.30. The molecular formula is C11H13F3N2S. The summed E-state index contributed by atoms with van der Waals surface area (Å²) < 4.78 is 36.9. The lowest BCUT2D eigenvalue weighted by atomic mass is 10.2. The van der Waals surface area contributed by atoms with Gasteiger partial charge in [0.05, 0.1) is 10.6 Å². The molecule has 17 heavy (non-hydrogen) atoms. The Labute approximate surface area is 102 Å². The number of halogens is 3. The normalized spacial score (nSPS) is 20.8. The first-order valence-corrected chi connectivity index (χ1v) is 6.41. The number of pyridine rings is 1. The van der Waals surface area contributed by atoms with Crippen molar-refractivity contribution < 1.29 is 13.2 Å². The SMILES string of the molecule is FC(F)(F)c1ccc(SCC2CCNC2)nc1. The van der Waals surface area contributed by atoms with Crippen molar-refractivity contribution in [3.05, 3.63) is 23.9 Å². The second-order valence-electron chi connectivity index (χ2n) is 4.05. The fraction of sp³-hybridized carbons (Fsp3) is 0.545. The Morgan fingerprint density at radius 1 is 1.41 bits per heavy atom. The van der Waals surface area contributed by atoms with Crippen LogP contribution >= 0.6 is 11.8 Å². The van der Waals surface area contributed by atoms with Crippen molar-refractivity contribution in [1.82, 2.24) is 10.3 Å². The molecule has 2 nitrogen and oxygen atoms in total. The maximum atomic E-state index is 12.3. The van der Waals surface area contributed by atoms with Gasteiger partial charge in [0, 0.05) is 11.9 Å². The number of alkyl halides is 3. The largest absolute Gasteiger partial charge is 0.417 e. The van der Waals surface area contributed by atoms with E-state index in [1.165, 1.54) is 17.8 Å². The molecule has 2 rings (SSSR count). The van der Waals surface area contributed by atoms with E-state index in [0.717, 1.165) is 37.5 Å². The topological polar surface area (TPSA) is 24.9 Å². The number of hydrogen-bond donors (Lipinski definition) is 1. The van der Waals surface area contributed by atoms with Gasteiger partial charge in [0.1, 0.15) is 0 Å². The maximum absolute atomic E-state index is 12.3. The van der Waals surface area contributed by atoms with Gasteiger partial charge in [-0.15, -0.1) is 11.8 Å². The smallest absolute Gasteiger partial charge is 0.316 e. The molecule has 1 aliphatic heterocycles. The molecule has 0 radical (unpaired) electrons. The van der Waals surface area contributed by atoms with Crippen LogP contribution in [0.25, 0.3) is 0 Å². The average molecular weight is 262 g/mol. The van der Waals surface area contributed by atoms with Crippen LogP contribution in [0.5, 0.6) is 0 Å². The number of rotatable bonds is 3. The van der Waals surface area contributed by atoms with Crippen molar-refractivity contribution in [1.29, 1.82) is 0 Å². The molecule has 0 aromatic carbocycles. The summed E-state index contributed by atoms with van der Waals surface area (Å²) in [5.41, 5.74) is -0.690. The molecule has 1 saturated heterocycles. The van der Waals surface area contributed by atoms with Crippen molar-refractivity contribution in [3.63, 3.8) is 0 Å². The van der Waals surface area contributed by atoms with Crippen molar-refractivity contribution >= 4 is 11.8 Å². The molecule has 0 spiro atoms. The van der Waals surface area contributed by atoms with Gasteiger partial charge in [-0.25, -0.2) is 4.98 Å². The predicted molar refractivity (Wildman–Crippen MR) is 60.9 cm³/mol. The monoisotopic (exact) mass is 262 g/mol. The fourth-order valence-electron chi connectivity index (χ4n) is 1.69. The number of nitrogens with one attached hydrogen (secondary N) is 1. The molecule has 1 fully saturated rings. The number of hydrogen-bond acceptors (Lipinski definition) is 3. The van der Waals surface area contributed by atoms with E-state index in [0.29, 0.717) is 10.9 Å². The molecule has 2 heterocycles. The number of aromatic nitrogens is 1. The van der Waals surface area contributed by atoms with Crippen molar-refractivity contribution in [2.45, 2.75) is 17.6 Å². The summed E-state index contributed by atoms with van der Waals surface area (Å²) in [4.78, 5) is 3.83. The Kier molecular flexibility index (Phi) is 3.93. The van der Waals surface area contributed by atoms with E-state index in [-0.39, 0.29) is 0 Å². The minimum atomic E-state index is -4.30. The average Bonchev–Trinajstić information content (AvgIpc) is 2.78. The fourth-order valence-corrected chi connectivity index (χ4v) is 2.68. The molecular weight excluding hydrogens is 249 g/mol. The van der Waals surface area contributed by atoms with Crippen molar-refractivity contribution in [2.24, 2.45) is 5.92 Å². The van der Waals surface area contributed by atoms with Crippen LogP contribution in [-0.4, -0.2) is 23.8 Å². The van der Waals surface area contributed by atoms with E-state index in [4.69, 9.17) is 0 Å². The zero-order chi connectivity index (χ0) is 12.3. The maximum Gasteiger partial charge on any atom is 0.417 e. The van der Waals surface area contributed by atoms with Gasteiger partial charge in [0.15, 0.2) is 0 Å². The van der Waals surface area contributed by atoms with Gasteiger partial charge < -0.3 is 5.32 Å². The highest BCUT2D eigenvalue weighted by Crippen LogP contribution is 2.30. The van der Waals surface area contributed by atoms with Crippen LogP contribution in [0.15, 0.2) is 23.4 Å². The molecule has 0 bridgehead atoms. The molecule has 6 heteroatoms. The molecule has 1 aromatic heterocycles. The van der Waals surface area contributed by atoms with Gasteiger partial charge in [-0.2, -0.15) is 13.2 Å². The van der Waals surface area contributed by atoms with Gasteiger partial charge in [0.2, 0.25) is 0 Å². The van der Waals surface area contributed by atoms with Crippen LogP contribution in [0.4, 0.5) is 13.2 Å². The third-order valence-corrected chi connectivity index (χ3v) is 3.87. The third-order valence-electron chi connectivity index (χ3n) is 2.69. The second-order valence-corrected chi connectivity index (χ2v) is 5.09. The van der Waals surface area contributed by atoms with Gasteiger partial charge >= 0.3 is 6.18 Å². The Bertz CT molecular complexity index is 358. The van der Waals surface area contributed by atoms with E-state index in [1.54, 1.807) is 0 Å². The van der Waals surface area contributed by atoms with E-state index in [1.807, 2.05) is 0 Å². The van der Waals surface area contributed by atoms with E-state index in [2.05, 4.69) is 10.3 Å². The van der Waals surface area contributed by atoms with Gasteiger partial charge in [-0.1, -0.05) is 0 Å². The van der Waals surface area contributed by atoms with Gasteiger partial charge in [-0.05, 0) is 37.6 Å². The zero-order valence-corrected chi connectivity index (χ0v) is 9.94. The molecule has 1 aliphatic rings. The van der Waals surface area contributed by atoms with E-state index in [9.17, 15) is 13.2 Å². The standard InChI is InChI=1S/C11H13F3N2S/c12-11(13,14)9-1-2-10(16-6-9)17-7-8-3-4-15-5-8/h1-2,6,8,15H,3-5,7H2. The van der Waals surface area contributed by atoms with Crippen LogP contribution in [0.3, 0.4) is 0 Å². The first kappa shape index (κ1) is 12.7.